The number of likely N-dealkylation sites (tertiary alicyclic amines) is 1. The van der Waals surface area contributed by atoms with Gasteiger partial charge in [0.2, 0.25) is 0 Å². The molecule has 1 heterocycles. The normalized spacial score (nSPS) is 22.4. The summed E-state index contributed by atoms with van der Waals surface area (Å²) >= 11 is 0. The molecule has 2 atom stereocenters. The molecule has 2 heteroatoms. The zero-order chi connectivity index (χ0) is 12.5. The molecular weight excluding hydrogens is 220 g/mol. The molecule has 0 amide bonds. The fraction of sp³-hybridized carbons (Fsp3) is 0.375. The first-order valence-corrected chi connectivity index (χ1v) is 6.72. The third-order valence-electron chi connectivity index (χ3n) is 4.06. The zero-order valence-corrected chi connectivity index (χ0v) is 10.8. The smallest absolute Gasteiger partial charge is 0.0320 e. The van der Waals surface area contributed by atoms with Gasteiger partial charge in [0.25, 0.3) is 0 Å². The number of rotatable bonds is 2. The maximum Gasteiger partial charge on any atom is 0.0320 e. The van der Waals surface area contributed by atoms with Gasteiger partial charge < -0.3 is 5.73 Å². The van der Waals surface area contributed by atoms with Gasteiger partial charge in [0.15, 0.2) is 0 Å². The van der Waals surface area contributed by atoms with E-state index in [1.54, 1.807) is 0 Å². The van der Waals surface area contributed by atoms with Crippen LogP contribution in [0.15, 0.2) is 42.5 Å². The Kier molecular flexibility index (Phi) is 3.06. The molecule has 1 aliphatic rings. The van der Waals surface area contributed by atoms with Gasteiger partial charge in [-0.25, -0.2) is 0 Å². The molecular formula is C16H20N2. The first kappa shape index (κ1) is 11.7. The quantitative estimate of drug-likeness (QED) is 0.874. The summed E-state index contributed by atoms with van der Waals surface area (Å²) in [4.78, 5) is 2.48. The number of hydrogen-bond acceptors (Lipinski definition) is 2. The minimum Gasteiger partial charge on any atom is -0.326 e. The van der Waals surface area contributed by atoms with Crippen molar-refractivity contribution in [2.75, 3.05) is 13.1 Å². The highest BCUT2D eigenvalue weighted by Gasteiger charge is 2.24. The molecule has 3 rings (SSSR count). The van der Waals surface area contributed by atoms with E-state index in [-0.39, 0.29) is 0 Å². The van der Waals surface area contributed by atoms with Crippen LogP contribution >= 0.6 is 0 Å². The van der Waals surface area contributed by atoms with E-state index in [0.29, 0.717) is 12.1 Å². The maximum atomic E-state index is 5.99. The molecule has 0 aliphatic carbocycles. The summed E-state index contributed by atoms with van der Waals surface area (Å²) in [6, 6.07) is 16.1. The van der Waals surface area contributed by atoms with Gasteiger partial charge >= 0.3 is 0 Å². The fourth-order valence-corrected chi connectivity index (χ4v) is 2.85. The van der Waals surface area contributed by atoms with Crippen molar-refractivity contribution in [1.82, 2.24) is 4.90 Å². The lowest BCUT2D eigenvalue weighted by molar-refractivity contribution is 0.260. The Balaban J connectivity index is 1.89. The molecule has 0 aromatic heterocycles. The van der Waals surface area contributed by atoms with Crippen LogP contribution in [0.1, 0.15) is 24.9 Å². The second-order valence-corrected chi connectivity index (χ2v) is 5.33. The van der Waals surface area contributed by atoms with Gasteiger partial charge in [0, 0.05) is 25.2 Å². The van der Waals surface area contributed by atoms with Crippen LogP contribution in [0.5, 0.6) is 0 Å². The molecule has 2 unspecified atom stereocenters. The van der Waals surface area contributed by atoms with Gasteiger partial charge in [-0.1, -0.05) is 36.4 Å². The molecule has 0 radical (unpaired) electrons. The maximum absolute atomic E-state index is 5.99. The van der Waals surface area contributed by atoms with Crippen LogP contribution in [0.3, 0.4) is 0 Å². The van der Waals surface area contributed by atoms with E-state index in [0.717, 1.165) is 19.5 Å². The molecule has 0 saturated carbocycles. The second kappa shape index (κ2) is 4.71. The van der Waals surface area contributed by atoms with Gasteiger partial charge in [-0.15, -0.1) is 0 Å². The topological polar surface area (TPSA) is 29.3 Å². The standard InChI is InChI=1S/C16H20N2/c1-12(18-9-8-16(17)11-18)14-7-6-13-4-2-3-5-15(13)10-14/h2-7,10,12,16H,8-9,11,17H2,1H3. The third kappa shape index (κ3) is 2.14. The van der Waals surface area contributed by atoms with Crippen molar-refractivity contribution < 1.29 is 0 Å². The Morgan fingerprint density at radius 1 is 1.17 bits per heavy atom. The van der Waals surface area contributed by atoms with E-state index < -0.39 is 0 Å². The minimum absolute atomic E-state index is 0.355. The van der Waals surface area contributed by atoms with Crippen LogP contribution in [-0.4, -0.2) is 24.0 Å². The van der Waals surface area contributed by atoms with Crippen LogP contribution in [0.4, 0.5) is 0 Å². The lowest BCUT2D eigenvalue weighted by atomic mass is 10.0. The molecule has 1 saturated heterocycles. The Hall–Kier alpha value is -1.38. The van der Waals surface area contributed by atoms with Crippen molar-refractivity contribution in [3.8, 4) is 0 Å². The highest BCUT2D eigenvalue weighted by molar-refractivity contribution is 5.83. The predicted octanol–water partition coefficient (Wildman–Crippen LogP) is 2.93. The number of fused-ring (bicyclic) bond motifs is 1. The van der Waals surface area contributed by atoms with Crippen LogP contribution in [0, 0.1) is 0 Å². The Morgan fingerprint density at radius 2 is 1.94 bits per heavy atom. The van der Waals surface area contributed by atoms with Crippen molar-refractivity contribution in [1.29, 1.82) is 0 Å². The summed E-state index contributed by atoms with van der Waals surface area (Å²) < 4.78 is 0. The summed E-state index contributed by atoms with van der Waals surface area (Å²) in [6.45, 7) is 4.42. The summed E-state index contributed by atoms with van der Waals surface area (Å²) in [5.41, 5.74) is 7.38. The molecule has 2 N–H and O–H groups in total. The summed E-state index contributed by atoms with van der Waals surface area (Å²) in [5, 5.41) is 2.64. The molecule has 2 aromatic carbocycles. The monoisotopic (exact) mass is 240 g/mol. The fourth-order valence-electron chi connectivity index (χ4n) is 2.85. The van der Waals surface area contributed by atoms with E-state index in [1.165, 1.54) is 16.3 Å². The van der Waals surface area contributed by atoms with E-state index >= 15 is 0 Å². The molecule has 0 bridgehead atoms. The minimum atomic E-state index is 0.355. The third-order valence-corrected chi connectivity index (χ3v) is 4.06. The molecule has 18 heavy (non-hydrogen) atoms. The molecule has 0 spiro atoms. The number of benzene rings is 2. The number of nitrogens with zero attached hydrogens (tertiary/aromatic N) is 1. The van der Waals surface area contributed by atoms with Crippen LogP contribution in [0.25, 0.3) is 10.8 Å². The Labute approximate surface area is 108 Å². The lowest BCUT2D eigenvalue weighted by Gasteiger charge is -2.24. The summed E-state index contributed by atoms with van der Waals surface area (Å²) in [7, 11) is 0. The number of nitrogens with two attached hydrogens (primary N) is 1. The second-order valence-electron chi connectivity index (χ2n) is 5.33. The van der Waals surface area contributed by atoms with Gasteiger partial charge in [0.05, 0.1) is 0 Å². The van der Waals surface area contributed by atoms with E-state index in [9.17, 15) is 0 Å². The first-order valence-electron chi connectivity index (χ1n) is 6.72. The average molecular weight is 240 g/mol. The van der Waals surface area contributed by atoms with Crippen molar-refractivity contribution in [2.45, 2.75) is 25.4 Å². The van der Waals surface area contributed by atoms with Crippen LogP contribution in [0.2, 0.25) is 0 Å². The molecule has 94 valence electrons. The SMILES string of the molecule is CC(c1ccc2ccccc2c1)N1CCC(N)C1. The van der Waals surface area contributed by atoms with E-state index in [4.69, 9.17) is 5.73 Å². The first-order chi connectivity index (χ1) is 8.74. The van der Waals surface area contributed by atoms with Crippen LogP contribution in [-0.2, 0) is 0 Å². The summed E-state index contributed by atoms with van der Waals surface area (Å²) in [5.74, 6) is 0. The van der Waals surface area contributed by atoms with Crippen molar-refractivity contribution >= 4 is 10.8 Å². The van der Waals surface area contributed by atoms with Gasteiger partial charge in [0.1, 0.15) is 0 Å². The van der Waals surface area contributed by atoms with Gasteiger partial charge in [-0.3, -0.25) is 4.90 Å². The van der Waals surface area contributed by atoms with Gasteiger partial charge in [-0.05, 0) is 35.7 Å². The molecule has 2 aromatic rings. The van der Waals surface area contributed by atoms with Crippen molar-refractivity contribution in [3.05, 3.63) is 48.0 Å². The zero-order valence-electron chi connectivity index (χ0n) is 10.8. The van der Waals surface area contributed by atoms with Crippen molar-refractivity contribution in [2.24, 2.45) is 5.73 Å². The Bertz CT molecular complexity index is 550. The van der Waals surface area contributed by atoms with Crippen LogP contribution < -0.4 is 5.73 Å². The predicted molar refractivity (Wildman–Crippen MR) is 76.5 cm³/mol. The molecule has 1 aliphatic heterocycles. The van der Waals surface area contributed by atoms with Gasteiger partial charge in [-0.2, -0.15) is 0 Å². The summed E-state index contributed by atoms with van der Waals surface area (Å²) in [6.07, 6.45) is 1.12. The highest BCUT2D eigenvalue weighted by Crippen LogP contribution is 2.26. The highest BCUT2D eigenvalue weighted by atomic mass is 15.2. The lowest BCUT2D eigenvalue weighted by Crippen LogP contribution is -2.28. The molecule has 2 nitrogen and oxygen atoms in total. The number of hydrogen-bond donors (Lipinski definition) is 1. The molecule has 1 fully saturated rings. The van der Waals surface area contributed by atoms with E-state index in [1.807, 2.05) is 0 Å². The Morgan fingerprint density at radius 3 is 2.67 bits per heavy atom. The van der Waals surface area contributed by atoms with E-state index in [2.05, 4.69) is 54.3 Å². The largest absolute Gasteiger partial charge is 0.326 e. The average Bonchev–Trinajstić information content (AvgIpc) is 2.84. The van der Waals surface area contributed by atoms with Crippen molar-refractivity contribution in [3.63, 3.8) is 0 Å².